The van der Waals surface area contributed by atoms with Crippen molar-refractivity contribution in [1.29, 1.82) is 0 Å². The Morgan fingerprint density at radius 2 is 2.10 bits per heavy atom. The third-order valence-corrected chi connectivity index (χ3v) is 3.22. The second-order valence-electron chi connectivity index (χ2n) is 6.18. The summed E-state index contributed by atoms with van der Waals surface area (Å²) in [6.07, 6.45) is 0.0155. The van der Waals surface area contributed by atoms with Gasteiger partial charge in [0.1, 0.15) is 0 Å². The molecule has 2 unspecified atom stereocenters. The fourth-order valence-electron chi connectivity index (χ4n) is 2.13. The standard InChI is InChI=1S/C14H26N2O4/c1-10(13(18)15-14(2,3)4)16-6-7-20-11(9-16)8-12(17)19-5/h10-11H,6-9H2,1-5H3,(H,15,18). The SMILES string of the molecule is COC(=O)CC1CN(C(C)C(=O)NC(C)(C)C)CCO1. The average Bonchev–Trinajstić information content (AvgIpc) is 2.36. The van der Waals surface area contributed by atoms with Gasteiger partial charge in [0.05, 0.1) is 32.3 Å². The number of nitrogens with one attached hydrogen (secondary N) is 1. The molecular formula is C14H26N2O4. The van der Waals surface area contributed by atoms with E-state index < -0.39 is 0 Å². The smallest absolute Gasteiger partial charge is 0.308 e. The van der Waals surface area contributed by atoms with Gasteiger partial charge in [-0.2, -0.15) is 0 Å². The number of ether oxygens (including phenoxy) is 2. The first-order valence-corrected chi connectivity index (χ1v) is 6.97. The number of hydrogen-bond acceptors (Lipinski definition) is 5. The van der Waals surface area contributed by atoms with Crippen LogP contribution in [-0.2, 0) is 19.1 Å². The highest BCUT2D eigenvalue weighted by molar-refractivity contribution is 5.82. The molecule has 0 aromatic rings. The molecule has 0 aromatic heterocycles. The second-order valence-corrected chi connectivity index (χ2v) is 6.18. The Morgan fingerprint density at radius 3 is 2.65 bits per heavy atom. The van der Waals surface area contributed by atoms with Gasteiger partial charge in [-0.1, -0.05) is 0 Å². The normalized spacial score (nSPS) is 22.1. The molecule has 20 heavy (non-hydrogen) atoms. The summed E-state index contributed by atoms with van der Waals surface area (Å²) >= 11 is 0. The summed E-state index contributed by atoms with van der Waals surface area (Å²) < 4.78 is 10.2. The molecule has 1 rings (SSSR count). The van der Waals surface area contributed by atoms with Crippen LogP contribution in [0.3, 0.4) is 0 Å². The molecular weight excluding hydrogens is 260 g/mol. The van der Waals surface area contributed by atoms with Crippen molar-refractivity contribution >= 4 is 11.9 Å². The van der Waals surface area contributed by atoms with E-state index in [1.54, 1.807) is 0 Å². The molecule has 1 amide bonds. The molecule has 1 N–H and O–H groups in total. The van der Waals surface area contributed by atoms with E-state index in [0.29, 0.717) is 19.7 Å². The fourth-order valence-corrected chi connectivity index (χ4v) is 2.13. The lowest BCUT2D eigenvalue weighted by molar-refractivity contribution is -0.146. The van der Waals surface area contributed by atoms with Gasteiger partial charge in [0.15, 0.2) is 0 Å². The zero-order valence-corrected chi connectivity index (χ0v) is 13.1. The van der Waals surface area contributed by atoms with Gasteiger partial charge in [-0.25, -0.2) is 0 Å². The molecule has 1 heterocycles. The quantitative estimate of drug-likeness (QED) is 0.765. The van der Waals surface area contributed by atoms with Gasteiger partial charge in [0.2, 0.25) is 5.91 Å². The monoisotopic (exact) mass is 286 g/mol. The fraction of sp³-hybridized carbons (Fsp3) is 0.857. The van der Waals surface area contributed by atoms with Crippen molar-refractivity contribution in [2.75, 3.05) is 26.8 Å². The minimum absolute atomic E-state index is 0.00350. The van der Waals surface area contributed by atoms with Crippen molar-refractivity contribution in [1.82, 2.24) is 10.2 Å². The number of amides is 1. The summed E-state index contributed by atoms with van der Waals surface area (Å²) in [6, 6.07) is -0.238. The van der Waals surface area contributed by atoms with Crippen molar-refractivity contribution in [3.05, 3.63) is 0 Å². The summed E-state index contributed by atoms with van der Waals surface area (Å²) in [5.41, 5.74) is -0.247. The maximum atomic E-state index is 12.2. The number of esters is 1. The van der Waals surface area contributed by atoms with Gasteiger partial charge >= 0.3 is 5.97 Å². The van der Waals surface area contributed by atoms with Crippen LogP contribution in [0.5, 0.6) is 0 Å². The van der Waals surface area contributed by atoms with Crippen LogP contribution in [0.4, 0.5) is 0 Å². The molecule has 1 aliphatic heterocycles. The first kappa shape index (κ1) is 16.9. The predicted octanol–water partition coefficient (Wildman–Crippen LogP) is 0.554. The van der Waals surface area contributed by atoms with Crippen LogP contribution in [0, 0.1) is 0 Å². The number of carbonyl (C=O) groups excluding carboxylic acids is 2. The van der Waals surface area contributed by atoms with Crippen LogP contribution in [0.25, 0.3) is 0 Å². The second kappa shape index (κ2) is 7.04. The Balaban J connectivity index is 2.53. The molecule has 0 aromatic carbocycles. The van der Waals surface area contributed by atoms with Crippen LogP contribution in [0.15, 0.2) is 0 Å². The summed E-state index contributed by atoms with van der Waals surface area (Å²) in [6.45, 7) is 9.52. The molecule has 1 fully saturated rings. The molecule has 0 bridgehead atoms. The summed E-state index contributed by atoms with van der Waals surface area (Å²) in [5, 5.41) is 2.97. The minimum Gasteiger partial charge on any atom is -0.469 e. The Kier molecular flexibility index (Phi) is 5.95. The highest BCUT2D eigenvalue weighted by atomic mass is 16.5. The minimum atomic E-state index is -0.288. The first-order chi connectivity index (χ1) is 9.23. The van der Waals surface area contributed by atoms with Crippen molar-refractivity contribution in [3.63, 3.8) is 0 Å². The summed E-state index contributed by atoms with van der Waals surface area (Å²) in [5.74, 6) is -0.292. The maximum Gasteiger partial charge on any atom is 0.308 e. The topological polar surface area (TPSA) is 67.9 Å². The third kappa shape index (κ3) is 5.46. The molecule has 0 saturated carbocycles. The van der Waals surface area contributed by atoms with Crippen LogP contribution in [0.1, 0.15) is 34.1 Å². The van der Waals surface area contributed by atoms with Crippen LogP contribution in [-0.4, -0.2) is 61.3 Å². The Bertz CT molecular complexity index is 352. The molecule has 116 valence electrons. The van der Waals surface area contributed by atoms with E-state index in [1.807, 2.05) is 32.6 Å². The Labute approximate surface area is 120 Å². The molecule has 6 nitrogen and oxygen atoms in total. The van der Waals surface area contributed by atoms with E-state index >= 15 is 0 Å². The third-order valence-electron chi connectivity index (χ3n) is 3.22. The Morgan fingerprint density at radius 1 is 1.45 bits per heavy atom. The van der Waals surface area contributed by atoms with Crippen molar-refractivity contribution in [2.24, 2.45) is 0 Å². The summed E-state index contributed by atoms with van der Waals surface area (Å²) in [4.78, 5) is 25.5. The van der Waals surface area contributed by atoms with E-state index in [0.717, 1.165) is 0 Å². The van der Waals surface area contributed by atoms with E-state index in [4.69, 9.17) is 4.74 Å². The summed E-state index contributed by atoms with van der Waals surface area (Å²) in [7, 11) is 1.36. The van der Waals surface area contributed by atoms with E-state index in [9.17, 15) is 9.59 Å². The number of methoxy groups -OCH3 is 1. The first-order valence-electron chi connectivity index (χ1n) is 6.97. The Hall–Kier alpha value is -1.14. The van der Waals surface area contributed by atoms with Crippen LogP contribution < -0.4 is 5.32 Å². The van der Waals surface area contributed by atoms with E-state index in [2.05, 4.69) is 10.1 Å². The predicted molar refractivity (Wildman–Crippen MR) is 75.3 cm³/mol. The lowest BCUT2D eigenvalue weighted by Gasteiger charge is -2.36. The number of hydrogen-bond donors (Lipinski definition) is 1. The highest BCUT2D eigenvalue weighted by Crippen LogP contribution is 2.13. The number of carbonyl (C=O) groups is 2. The van der Waals surface area contributed by atoms with E-state index in [-0.39, 0.29) is 36.0 Å². The molecule has 0 radical (unpaired) electrons. The van der Waals surface area contributed by atoms with Gasteiger partial charge < -0.3 is 14.8 Å². The van der Waals surface area contributed by atoms with E-state index in [1.165, 1.54) is 7.11 Å². The molecule has 0 spiro atoms. The number of rotatable bonds is 4. The largest absolute Gasteiger partial charge is 0.469 e. The van der Waals surface area contributed by atoms with Crippen molar-refractivity contribution in [2.45, 2.75) is 51.8 Å². The molecule has 6 heteroatoms. The molecule has 0 aliphatic carbocycles. The van der Waals surface area contributed by atoms with Gasteiger partial charge in [0.25, 0.3) is 0 Å². The van der Waals surface area contributed by atoms with Gasteiger partial charge in [0, 0.05) is 18.6 Å². The lowest BCUT2D eigenvalue weighted by atomic mass is 10.1. The van der Waals surface area contributed by atoms with Gasteiger partial charge in [-0.15, -0.1) is 0 Å². The van der Waals surface area contributed by atoms with Crippen LogP contribution in [0.2, 0.25) is 0 Å². The van der Waals surface area contributed by atoms with Crippen molar-refractivity contribution in [3.8, 4) is 0 Å². The molecule has 1 aliphatic rings. The van der Waals surface area contributed by atoms with Crippen molar-refractivity contribution < 1.29 is 19.1 Å². The van der Waals surface area contributed by atoms with Crippen LogP contribution >= 0.6 is 0 Å². The zero-order valence-electron chi connectivity index (χ0n) is 13.1. The zero-order chi connectivity index (χ0) is 15.3. The maximum absolute atomic E-state index is 12.2. The highest BCUT2D eigenvalue weighted by Gasteiger charge is 2.30. The number of nitrogens with zero attached hydrogens (tertiary/aromatic N) is 1. The average molecular weight is 286 g/mol. The molecule has 1 saturated heterocycles. The van der Waals surface area contributed by atoms with Gasteiger partial charge in [-0.3, -0.25) is 14.5 Å². The number of morpholine rings is 1. The lowest BCUT2D eigenvalue weighted by Crippen LogP contribution is -2.55. The molecule has 2 atom stereocenters. The van der Waals surface area contributed by atoms with Gasteiger partial charge in [-0.05, 0) is 27.7 Å².